The van der Waals surface area contributed by atoms with Crippen LogP contribution in [-0.2, 0) is 14.8 Å². The smallest absolute Gasteiger partial charge is 0.223 e. The quantitative estimate of drug-likeness (QED) is 0.890. The van der Waals surface area contributed by atoms with Crippen molar-refractivity contribution in [2.45, 2.75) is 25.7 Å². The largest absolute Gasteiger partial charge is 0.342 e. The molecule has 0 aliphatic carbocycles. The number of hydrogen-bond donors (Lipinski definition) is 1. The van der Waals surface area contributed by atoms with Crippen molar-refractivity contribution in [1.82, 2.24) is 9.62 Å². The maximum Gasteiger partial charge on any atom is 0.223 e. The van der Waals surface area contributed by atoms with Crippen LogP contribution in [0.3, 0.4) is 0 Å². The minimum Gasteiger partial charge on any atom is -0.342 e. The summed E-state index contributed by atoms with van der Waals surface area (Å²) in [4.78, 5) is 13.9. The Balaban J connectivity index is 1.87. The molecule has 0 spiro atoms. The van der Waals surface area contributed by atoms with Crippen molar-refractivity contribution < 1.29 is 13.2 Å². The molecular weight excluding hydrogens is 288 g/mol. The molecule has 1 aliphatic heterocycles. The Labute approximate surface area is 126 Å². The van der Waals surface area contributed by atoms with Crippen molar-refractivity contribution in [2.24, 2.45) is 0 Å². The van der Waals surface area contributed by atoms with E-state index in [9.17, 15) is 13.2 Å². The number of aryl methyl sites for hydroxylation is 1. The van der Waals surface area contributed by atoms with Gasteiger partial charge >= 0.3 is 0 Å². The molecule has 1 fully saturated rings. The summed E-state index contributed by atoms with van der Waals surface area (Å²) in [5, 5.41) is 0. The molecule has 0 unspecified atom stereocenters. The second kappa shape index (κ2) is 6.58. The highest BCUT2D eigenvalue weighted by atomic mass is 32.2. The third-order valence-electron chi connectivity index (χ3n) is 3.87. The van der Waals surface area contributed by atoms with Gasteiger partial charge in [0.1, 0.15) is 0 Å². The van der Waals surface area contributed by atoms with E-state index >= 15 is 0 Å². The van der Waals surface area contributed by atoms with Crippen LogP contribution in [0.15, 0.2) is 24.3 Å². The van der Waals surface area contributed by atoms with Crippen LogP contribution in [0.1, 0.15) is 29.9 Å². The van der Waals surface area contributed by atoms with Gasteiger partial charge in [0.15, 0.2) is 0 Å². The average molecular weight is 310 g/mol. The van der Waals surface area contributed by atoms with Gasteiger partial charge in [-0.15, -0.1) is 0 Å². The van der Waals surface area contributed by atoms with Crippen LogP contribution in [-0.4, -0.2) is 45.1 Å². The second-order valence-electron chi connectivity index (χ2n) is 5.60. The van der Waals surface area contributed by atoms with Gasteiger partial charge in [-0.05, 0) is 24.5 Å². The molecule has 0 radical (unpaired) electrons. The molecule has 0 bridgehead atoms. The highest BCUT2D eigenvalue weighted by Crippen LogP contribution is 2.29. The Bertz CT molecular complexity index is 613. The van der Waals surface area contributed by atoms with E-state index in [1.807, 2.05) is 17.0 Å². The summed E-state index contributed by atoms with van der Waals surface area (Å²) in [6.07, 6.45) is 2.28. The van der Waals surface area contributed by atoms with Crippen LogP contribution in [0, 0.1) is 6.92 Å². The fraction of sp³-hybridized carbons (Fsp3) is 0.533. The first kappa shape index (κ1) is 16.0. The standard InChI is InChI=1S/C15H22N2O3S/c1-12-5-3-4-6-14(12)13-8-10-17(11-13)15(18)7-9-16-21(2,19)20/h3-6,13,16H,7-11H2,1-2H3/t13-/m0/s1. The number of rotatable bonds is 5. The molecule has 1 saturated heterocycles. The third-order valence-corrected chi connectivity index (χ3v) is 4.60. The summed E-state index contributed by atoms with van der Waals surface area (Å²) >= 11 is 0. The van der Waals surface area contributed by atoms with Gasteiger partial charge in [0, 0.05) is 32.0 Å². The van der Waals surface area contributed by atoms with Crippen molar-refractivity contribution in [3.63, 3.8) is 0 Å². The van der Waals surface area contributed by atoms with Gasteiger partial charge in [0.2, 0.25) is 15.9 Å². The highest BCUT2D eigenvalue weighted by Gasteiger charge is 2.27. The van der Waals surface area contributed by atoms with E-state index in [0.717, 1.165) is 25.8 Å². The van der Waals surface area contributed by atoms with Crippen molar-refractivity contribution in [3.8, 4) is 0 Å². The molecule has 2 rings (SSSR count). The zero-order valence-corrected chi connectivity index (χ0v) is 13.3. The fourth-order valence-electron chi connectivity index (χ4n) is 2.79. The Hall–Kier alpha value is -1.40. The first-order chi connectivity index (χ1) is 9.87. The van der Waals surface area contributed by atoms with Gasteiger partial charge in [-0.3, -0.25) is 4.79 Å². The molecule has 1 N–H and O–H groups in total. The Morgan fingerprint density at radius 2 is 2.10 bits per heavy atom. The zero-order chi connectivity index (χ0) is 15.5. The summed E-state index contributed by atoms with van der Waals surface area (Å²) in [5.74, 6) is 0.403. The highest BCUT2D eigenvalue weighted by molar-refractivity contribution is 7.88. The topological polar surface area (TPSA) is 66.5 Å². The van der Waals surface area contributed by atoms with Crippen molar-refractivity contribution in [1.29, 1.82) is 0 Å². The van der Waals surface area contributed by atoms with Crippen LogP contribution in [0.2, 0.25) is 0 Å². The Kier molecular flexibility index (Phi) is 5.00. The fourth-order valence-corrected chi connectivity index (χ4v) is 3.26. The van der Waals surface area contributed by atoms with Gasteiger partial charge in [-0.25, -0.2) is 13.1 Å². The summed E-state index contributed by atoms with van der Waals surface area (Å²) in [6.45, 7) is 3.73. The predicted molar refractivity (Wildman–Crippen MR) is 82.6 cm³/mol. The number of carbonyl (C=O) groups excluding carboxylic acids is 1. The first-order valence-corrected chi connectivity index (χ1v) is 9.04. The third kappa shape index (κ3) is 4.54. The number of sulfonamides is 1. The van der Waals surface area contributed by atoms with E-state index in [1.165, 1.54) is 11.1 Å². The van der Waals surface area contributed by atoms with E-state index in [0.29, 0.717) is 5.92 Å². The molecule has 0 saturated carbocycles. The molecule has 1 atom stereocenters. The molecule has 0 aromatic heterocycles. The van der Waals surface area contributed by atoms with E-state index in [4.69, 9.17) is 0 Å². The van der Waals surface area contributed by atoms with E-state index < -0.39 is 10.0 Å². The number of nitrogens with one attached hydrogen (secondary N) is 1. The van der Waals surface area contributed by atoms with Crippen LogP contribution >= 0.6 is 0 Å². The number of likely N-dealkylation sites (tertiary alicyclic amines) is 1. The second-order valence-corrected chi connectivity index (χ2v) is 7.43. The normalized spacial score (nSPS) is 19.0. The van der Waals surface area contributed by atoms with Gasteiger partial charge in [-0.2, -0.15) is 0 Å². The monoisotopic (exact) mass is 310 g/mol. The maximum atomic E-state index is 12.1. The van der Waals surface area contributed by atoms with Crippen LogP contribution in [0.4, 0.5) is 0 Å². The lowest BCUT2D eigenvalue weighted by Gasteiger charge is -2.17. The van der Waals surface area contributed by atoms with Crippen molar-refractivity contribution >= 4 is 15.9 Å². The Morgan fingerprint density at radius 1 is 1.38 bits per heavy atom. The zero-order valence-electron chi connectivity index (χ0n) is 12.5. The summed E-state index contributed by atoms with van der Waals surface area (Å²) in [7, 11) is -3.22. The number of amides is 1. The molecule has 21 heavy (non-hydrogen) atoms. The molecule has 6 heteroatoms. The van der Waals surface area contributed by atoms with Gasteiger partial charge in [0.25, 0.3) is 0 Å². The van der Waals surface area contributed by atoms with Crippen LogP contribution in [0.25, 0.3) is 0 Å². The van der Waals surface area contributed by atoms with Crippen LogP contribution < -0.4 is 4.72 Å². The van der Waals surface area contributed by atoms with Gasteiger partial charge < -0.3 is 4.90 Å². The van der Waals surface area contributed by atoms with Gasteiger partial charge in [-0.1, -0.05) is 24.3 Å². The molecule has 1 heterocycles. The molecule has 1 amide bonds. The number of benzene rings is 1. The summed E-state index contributed by atoms with van der Waals surface area (Å²) < 4.78 is 24.3. The first-order valence-electron chi connectivity index (χ1n) is 7.15. The van der Waals surface area contributed by atoms with Crippen molar-refractivity contribution in [3.05, 3.63) is 35.4 Å². The molecule has 1 aromatic carbocycles. The summed E-state index contributed by atoms with van der Waals surface area (Å²) in [5.41, 5.74) is 2.57. The van der Waals surface area contributed by atoms with Crippen LogP contribution in [0.5, 0.6) is 0 Å². The lowest BCUT2D eigenvalue weighted by molar-refractivity contribution is -0.130. The molecule has 5 nitrogen and oxygen atoms in total. The van der Waals surface area contributed by atoms with E-state index in [-0.39, 0.29) is 18.9 Å². The minimum absolute atomic E-state index is 0.0160. The minimum atomic E-state index is -3.22. The van der Waals surface area contributed by atoms with E-state index in [2.05, 4.69) is 23.8 Å². The lowest BCUT2D eigenvalue weighted by atomic mass is 9.94. The van der Waals surface area contributed by atoms with E-state index in [1.54, 1.807) is 0 Å². The Morgan fingerprint density at radius 3 is 2.76 bits per heavy atom. The number of hydrogen-bond acceptors (Lipinski definition) is 3. The molecule has 1 aromatic rings. The lowest BCUT2D eigenvalue weighted by Crippen LogP contribution is -2.32. The number of nitrogens with zero attached hydrogens (tertiary/aromatic N) is 1. The summed E-state index contributed by atoms with van der Waals surface area (Å²) in [6, 6.07) is 8.27. The molecular formula is C15H22N2O3S. The maximum absolute atomic E-state index is 12.1. The average Bonchev–Trinajstić information content (AvgIpc) is 2.87. The van der Waals surface area contributed by atoms with Gasteiger partial charge in [0.05, 0.1) is 6.26 Å². The predicted octanol–water partition coefficient (Wildman–Crippen LogP) is 1.25. The molecule has 116 valence electrons. The van der Waals surface area contributed by atoms with Crippen molar-refractivity contribution in [2.75, 3.05) is 25.9 Å². The number of carbonyl (C=O) groups is 1. The SMILES string of the molecule is Cc1ccccc1[C@H]1CCN(C(=O)CCNS(C)(=O)=O)C1. The molecule has 1 aliphatic rings.